The summed E-state index contributed by atoms with van der Waals surface area (Å²) in [4.78, 5) is 20.9. The van der Waals surface area contributed by atoms with Gasteiger partial charge in [-0.3, -0.25) is 9.69 Å². The quantitative estimate of drug-likeness (QED) is 0.889. The number of nitrogens with one attached hydrogen (secondary N) is 1. The average Bonchev–Trinajstić information content (AvgIpc) is 3.08. The number of piperazine rings is 1. The van der Waals surface area contributed by atoms with E-state index in [0.717, 1.165) is 45.1 Å². The van der Waals surface area contributed by atoms with E-state index in [1.807, 2.05) is 12.1 Å². The second-order valence-electron chi connectivity index (χ2n) is 5.88. The van der Waals surface area contributed by atoms with Crippen molar-refractivity contribution in [3.8, 4) is 0 Å². The van der Waals surface area contributed by atoms with Crippen LogP contribution in [0.1, 0.15) is 23.3 Å². The van der Waals surface area contributed by atoms with Crippen LogP contribution in [-0.2, 0) is 4.74 Å². The maximum atomic E-state index is 11.7. The Balaban J connectivity index is 1.55. The Morgan fingerprint density at radius 1 is 1.36 bits per heavy atom. The van der Waals surface area contributed by atoms with Gasteiger partial charge in [-0.2, -0.15) is 0 Å². The van der Waals surface area contributed by atoms with E-state index in [2.05, 4.69) is 20.1 Å². The molecule has 3 rings (SSSR count). The lowest BCUT2D eigenvalue weighted by Gasteiger charge is -2.36. The molecular weight excluding hydrogens is 280 g/mol. The minimum Gasteiger partial charge on any atom is -0.377 e. The molecule has 0 aromatic carbocycles. The molecule has 1 amide bonds. The van der Waals surface area contributed by atoms with Gasteiger partial charge in [-0.25, -0.2) is 4.98 Å². The van der Waals surface area contributed by atoms with Gasteiger partial charge in [-0.15, -0.1) is 0 Å². The lowest BCUT2D eigenvalue weighted by Crippen LogP contribution is -2.48. The monoisotopic (exact) mass is 304 g/mol. The first kappa shape index (κ1) is 15.2. The molecular formula is C16H24N4O2. The van der Waals surface area contributed by atoms with Crippen molar-refractivity contribution in [1.82, 2.24) is 15.2 Å². The van der Waals surface area contributed by atoms with Crippen molar-refractivity contribution in [3.05, 3.63) is 23.9 Å². The molecule has 3 heterocycles. The van der Waals surface area contributed by atoms with E-state index < -0.39 is 0 Å². The number of amides is 1. The number of hydrogen-bond acceptors (Lipinski definition) is 5. The lowest BCUT2D eigenvalue weighted by atomic mass is 10.2. The maximum absolute atomic E-state index is 11.7. The summed E-state index contributed by atoms with van der Waals surface area (Å²) in [7, 11) is 1.63. The molecule has 1 aromatic heterocycles. The fraction of sp³-hybridized carbons (Fsp3) is 0.625. The zero-order chi connectivity index (χ0) is 15.4. The number of nitrogens with zero attached hydrogens (tertiary/aromatic N) is 3. The molecule has 0 spiro atoms. The van der Waals surface area contributed by atoms with E-state index in [-0.39, 0.29) is 5.91 Å². The van der Waals surface area contributed by atoms with Crippen molar-refractivity contribution in [1.29, 1.82) is 0 Å². The van der Waals surface area contributed by atoms with Crippen molar-refractivity contribution >= 4 is 11.7 Å². The van der Waals surface area contributed by atoms with Crippen LogP contribution in [0.25, 0.3) is 0 Å². The molecule has 6 nitrogen and oxygen atoms in total. The van der Waals surface area contributed by atoms with Crippen molar-refractivity contribution in [2.24, 2.45) is 0 Å². The van der Waals surface area contributed by atoms with Gasteiger partial charge in [0.25, 0.3) is 5.91 Å². The van der Waals surface area contributed by atoms with Crippen LogP contribution in [0.15, 0.2) is 18.2 Å². The predicted molar refractivity (Wildman–Crippen MR) is 85.3 cm³/mol. The van der Waals surface area contributed by atoms with Crippen LogP contribution in [0.5, 0.6) is 0 Å². The summed E-state index contributed by atoms with van der Waals surface area (Å²) in [5, 5.41) is 2.62. The Kier molecular flexibility index (Phi) is 4.90. The Morgan fingerprint density at radius 3 is 2.86 bits per heavy atom. The topological polar surface area (TPSA) is 57.7 Å². The number of anilines is 1. The van der Waals surface area contributed by atoms with Crippen LogP contribution in [0, 0.1) is 0 Å². The SMILES string of the molecule is CNC(=O)c1cccc(N2CCN(C[C@@H]3CCCO3)CC2)n1. The van der Waals surface area contributed by atoms with Gasteiger partial charge in [0.1, 0.15) is 11.5 Å². The summed E-state index contributed by atoms with van der Waals surface area (Å²) < 4.78 is 5.71. The predicted octanol–water partition coefficient (Wildman–Crippen LogP) is 0.742. The van der Waals surface area contributed by atoms with Crippen LogP contribution in [0.2, 0.25) is 0 Å². The van der Waals surface area contributed by atoms with Gasteiger partial charge in [0.05, 0.1) is 6.10 Å². The third-order valence-corrected chi connectivity index (χ3v) is 4.38. The molecule has 1 atom stereocenters. The van der Waals surface area contributed by atoms with Crippen LogP contribution in [0.4, 0.5) is 5.82 Å². The first-order valence-corrected chi connectivity index (χ1v) is 8.04. The molecule has 120 valence electrons. The van der Waals surface area contributed by atoms with E-state index in [4.69, 9.17) is 4.74 Å². The van der Waals surface area contributed by atoms with Crippen molar-refractivity contribution < 1.29 is 9.53 Å². The summed E-state index contributed by atoms with van der Waals surface area (Å²) in [5.74, 6) is 0.747. The number of hydrogen-bond donors (Lipinski definition) is 1. The van der Waals surface area contributed by atoms with Crippen LogP contribution < -0.4 is 10.2 Å². The van der Waals surface area contributed by atoms with E-state index in [1.165, 1.54) is 12.8 Å². The summed E-state index contributed by atoms with van der Waals surface area (Å²) >= 11 is 0. The Morgan fingerprint density at radius 2 is 2.18 bits per heavy atom. The highest BCUT2D eigenvalue weighted by Crippen LogP contribution is 2.17. The second-order valence-corrected chi connectivity index (χ2v) is 5.88. The lowest BCUT2D eigenvalue weighted by molar-refractivity contribution is 0.0712. The normalized spacial score (nSPS) is 22.8. The first-order chi connectivity index (χ1) is 10.8. The van der Waals surface area contributed by atoms with Gasteiger partial charge in [0, 0.05) is 46.4 Å². The van der Waals surface area contributed by atoms with Crippen LogP contribution in [-0.4, -0.2) is 68.3 Å². The third-order valence-electron chi connectivity index (χ3n) is 4.38. The van der Waals surface area contributed by atoms with Gasteiger partial charge < -0.3 is 15.0 Å². The van der Waals surface area contributed by atoms with Gasteiger partial charge in [0.2, 0.25) is 0 Å². The first-order valence-electron chi connectivity index (χ1n) is 8.04. The number of pyridine rings is 1. The molecule has 1 aromatic rings. The number of carbonyl (C=O) groups excluding carboxylic acids is 1. The zero-order valence-electron chi connectivity index (χ0n) is 13.1. The van der Waals surface area contributed by atoms with Crippen molar-refractivity contribution in [2.75, 3.05) is 51.3 Å². The standard InChI is InChI=1S/C16H24N4O2/c1-17-16(21)14-5-2-6-15(18-14)20-9-7-19(8-10-20)12-13-4-3-11-22-13/h2,5-6,13H,3-4,7-12H2,1H3,(H,17,21)/t13-/m0/s1. The van der Waals surface area contributed by atoms with Crippen molar-refractivity contribution in [3.63, 3.8) is 0 Å². The Hall–Kier alpha value is -1.66. The third kappa shape index (κ3) is 3.56. The molecule has 0 unspecified atom stereocenters. The molecule has 0 bridgehead atoms. The fourth-order valence-electron chi connectivity index (χ4n) is 3.09. The molecule has 0 saturated carbocycles. The van der Waals surface area contributed by atoms with E-state index in [9.17, 15) is 4.79 Å². The number of ether oxygens (including phenoxy) is 1. The average molecular weight is 304 g/mol. The smallest absolute Gasteiger partial charge is 0.269 e. The van der Waals surface area contributed by atoms with Crippen LogP contribution in [0.3, 0.4) is 0 Å². The fourth-order valence-corrected chi connectivity index (χ4v) is 3.09. The molecule has 22 heavy (non-hydrogen) atoms. The summed E-state index contributed by atoms with van der Waals surface area (Å²) in [6.07, 6.45) is 2.80. The van der Waals surface area contributed by atoms with E-state index in [0.29, 0.717) is 11.8 Å². The molecule has 2 saturated heterocycles. The molecule has 2 fully saturated rings. The van der Waals surface area contributed by atoms with Crippen molar-refractivity contribution in [2.45, 2.75) is 18.9 Å². The zero-order valence-corrected chi connectivity index (χ0v) is 13.1. The number of rotatable bonds is 4. The van der Waals surface area contributed by atoms with Crippen LogP contribution >= 0.6 is 0 Å². The molecule has 1 N–H and O–H groups in total. The maximum Gasteiger partial charge on any atom is 0.269 e. The largest absolute Gasteiger partial charge is 0.377 e. The van der Waals surface area contributed by atoms with Gasteiger partial charge in [0.15, 0.2) is 0 Å². The second kappa shape index (κ2) is 7.07. The van der Waals surface area contributed by atoms with E-state index in [1.54, 1.807) is 13.1 Å². The molecule has 2 aliphatic heterocycles. The van der Waals surface area contributed by atoms with E-state index >= 15 is 0 Å². The molecule has 0 aliphatic carbocycles. The number of carbonyl (C=O) groups is 1. The highest BCUT2D eigenvalue weighted by Gasteiger charge is 2.23. The summed E-state index contributed by atoms with van der Waals surface area (Å²) in [6, 6.07) is 5.61. The summed E-state index contributed by atoms with van der Waals surface area (Å²) in [6.45, 7) is 5.88. The highest BCUT2D eigenvalue weighted by molar-refractivity contribution is 5.92. The molecule has 6 heteroatoms. The van der Waals surface area contributed by atoms with Gasteiger partial charge >= 0.3 is 0 Å². The van der Waals surface area contributed by atoms with Gasteiger partial charge in [-0.05, 0) is 25.0 Å². The minimum absolute atomic E-state index is 0.140. The highest BCUT2D eigenvalue weighted by atomic mass is 16.5. The summed E-state index contributed by atoms with van der Waals surface area (Å²) in [5.41, 5.74) is 0.474. The Bertz CT molecular complexity index is 509. The minimum atomic E-state index is -0.140. The molecule has 2 aliphatic rings. The molecule has 0 radical (unpaired) electrons. The number of aromatic nitrogens is 1. The Labute approximate surface area is 131 Å². The van der Waals surface area contributed by atoms with Gasteiger partial charge in [-0.1, -0.05) is 6.07 Å².